The first-order chi connectivity index (χ1) is 14.1. The number of methoxy groups -OCH3 is 3. The Kier molecular flexibility index (Phi) is 6.41. The number of rotatable bonds is 7. The lowest BCUT2D eigenvalue weighted by molar-refractivity contribution is 0.0954. The third-order valence-electron chi connectivity index (χ3n) is 4.07. The van der Waals surface area contributed by atoms with Gasteiger partial charge in [0.1, 0.15) is 5.76 Å². The Morgan fingerprint density at radius 3 is 2.28 bits per heavy atom. The van der Waals surface area contributed by atoms with E-state index in [4.69, 9.17) is 30.2 Å². The highest BCUT2D eigenvalue weighted by Gasteiger charge is 2.17. The fourth-order valence-corrected chi connectivity index (χ4v) is 2.84. The van der Waals surface area contributed by atoms with Gasteiger partial charge < -0.3 is 18.6 Å². The van der Waals surface area contributed by atoms with Crippen LogP contribution in [0.3, 0.4) is 0 Å². The van der Waals surface area contributed by atoms with Gasteiger partial charge in [-0.15, -0.1) is 0 Å². The smallest absolute Gasteiger partial charge is 0.271 e. The van der Waals surface area contributed by atoms with Crippen molar-refractivity contribution in [3.8, 4) is 28.6 Å². The summed E-state index contributed by atoms with van der Waals surface area (Å²) in [6.45, 7) is 0. The predicted octanol–water partition coefficient (Wildman–Crippen LogP) is 4.39. The lowest BCUT2D eigenvalue weighted by Crippen LogP contribution is -2.18. The SMILES string of the molecule is COc1cc(C(=O)N/N=C\c2cc(-c3ccccc3)oc2Cl)cc(OC)c1OC. The number of hydrogen-bond donors (Lipinski definition) is 1. The Bertz CT molecular complexity index is 1010. The van der Waals surface area contributed by atoms with E-state index in [0.29, 0.717) is 34.1 Å². The van der Waals surface area contributed by atoms with Gasteiger partial charge in [0.05, 0.1) is 33.1 Å². The topological polar surface area (TPSA) is 82.3 Å². The molecule has 150 valence electrons. The fourth-order valence-electron chi connectivity index (χ4n) is 2.65. The van der Waals surface area contributed by atoms with Crippen molar-refractivity contribution in [2.45, 2.75) is 0 Å². The Labute approximate surface area is 172 Å². The van der Waals surface area contributed by atoms with Crippen molar-refractivity contribution in [1.82, 2.24) is 5.43 Å². The molecule has 0 unspecified atom stereocenters. The number of carbonyl (C=O) groups is 1. The normalized spacial score (nSPS) is 10.8. The van der Waals surface area contributed by atoms with E-state index >= 15 is 0 Å². The van der Waals surface area contributed by atoms with Crippen LogP contribution < -0.4 is 19.6 Å². The summed E-state index contributed by atoms with van der Waals surface area (Å²) < 4.78 is 21.3. The minimum Gasteiger partial charge on any atom is -0.493 e. The molecule has 8 heteroatoms. The van der Waals surface area contributed by atoms with Gasteiger partial charge in [0.15, 0.2) is 11.5 Å². The molecule has 0 bridgehead atoms. The molecular weight excluding hydrogens is 396 g/mol. The van der Waals surface area contributed by atoms with Crippen molar-refractivity contribution in [2.24, 2.45) is 5.10 Å². The van der Waals surface area contributed by atoms with Crippen LogP contribution in [-0.2, 0) is 0 Å². The van der Waals surface area contributed by atoms with Crippen molar-refractivity contribution in [3.63, 3.8) is 0 Å². The van der Waals surface area contributed by atoms with Crippen molar-refractivity contribution in [2.75, 3.05) is 21.3 Å². The molecular formula is C21H19ClN2O5. The van der Waals surface area contributed by atoms with Gasteiger partial charge in [-0.05, 0) is 29.8 Å². The molecule has 7 nitrogen and oxygen atoms in total. The van der Waals surface area contributed by atoms with E-state index in [1.54, 1.807) is 6.07 Å². The largest absolute Gasteiger partial charge is 0.493 e. The van der Waals surface area contributed by atoms with E-state index in [0.717, 1.165) is 5.56 Å². The van der Waals surface area contributed by atoms with Gasteiger partial charge in [0.2, 0.25) is 11.0 Å². The summed E-state index contributed by atoms with van der Waals surface area (Å²) in [7, 11) is 4.44. The lowest BCUT2D eigenvalue weighted by atomic mass is 10.1. The quantitative estimate of drug-likeness (QED) is 0.458. The zero-order valence-electron chi connectivity index (χ0n) is 16.1. The number of amides is 1. The fraction of sp³-hybridized carbons (Fsp3) is 0.143. The van der Waals surface area contributed by atoms with Crippen LogP contribution in [0, 0.1) is 0 Å². The molecule has 2 aromatic carbocycles. The maximum Gasteiger partial charge on any atom is 0.271 e. The van der Waals surface area contributed by atoms with Crippen molar-refractivity contribution >= 4 is 23.7 Å². The molecule has 29 heavy (non-hydrogen) atoms. The standard InChI is InChI=1S/C21H19ClN2O5/c1-26-17-9-14(10-18(27-2)19(17)28-3)21(25)24-23-12-15-11-16(29-20(15)22)13-7-5-4-6-8-13/h4-12H,1-3H3,(H,24,25)/b23-12-. The van der Waals surface area contributed by atoms with Crippen molar-refractivity contribution in [3.05, 3.63) is 64.9 Å². The zero-order chi connectivity index (χ0) is 20.8. The minimum atomic E-state index is -0.455. The Morgan fingerprint density at radius 1 is 1.03 bits per heavy atom. The number of carbonyl (C=O) groups excluding carboxylic acids is 1. The third kappa shape index (κ3) is 4.52. The summed E-state index contributed by atoms with van der Waals surface area (Å²) in [6, 6.07) is 14.3. The van der Waals surface area contributed by atoms with Crippen LogP contribution in [0.25, 0.3) is 11.3 Å². The van der Waals surface area contributed by atoms with E-state index in [2.05, 4.69) is 10.5 Å². The second-order valence-corrected chi connectivity index (χ2v) is 6.16. The maximum absolute atomic E-state index is 12.4. The lowest BCUT2D eigenvalue weighted by Gasteiger charge is -2.13. The first kappa shape index (κ1) is 20.3. The van der Waals surface area contributed by atoms with Crippen LogP contribution in [-0.4, -0.2) is 33.5 Å². The summed E-state index contributed by atoms with van der Waals surface area (Å²) >= 11 is 6.12. The molecule has 0 aliphatic rings. The first-order valence-corrected chi connectivity index (χ1v) is 8.93. The predicted molar refractivity (Wildman–Crippen MR) is 110 cm³/mol. The molecule has 0 fully saturated rings. The number of hydrogen-bond acceptors (Lipinski definition) is 6. The Balaban J connectivity index is 1.76. The van der Waals surface area contributed by atoms with Gasteiger partial charge in [-0.3, -0.25) is 4.79 Å². The Morgan fingerprint density at radius 2 is 1.69 bits per heavy atom. The molecule has 0 saturated carbocycles. The average Bonchev–Trinajstić information content (AvgIpc) is 3.13. The molecule has 1 amide bonds. The monoisotopic (exact) mass is 414 g/mol. The van der Waals surface area contributed by atoms with E-state index < -0.39 is 5.91 Å². The minimum absolute atomic E-state index is 0.176. The number of halogens is 1. The molecule has 0 radical (unpaired) electrons. The van der Waals surface area contributed by atoms with Gasteiger partial charge in [-0.2, -0.15) is 5.10 Å². The van der Waals surface area contributed by atoms with Crippen LogP contribution in [0.5, 0.6) is 17.2 Å². The van der Waals surface area contributed by atoms with Crippen molar-refractivity contribution < 1.29 is 23.4 Å². The van der Waals surface area contributed by atoms with Gasteiger partial charge in [-0.25, -0.2) is 5.43 Å². The summed E-state index contributed by atoms with van der Waals surface area (Å²) in [5.74, 6) is 1.28. The van der Waals surface area contributed by atoms with E-state index in [1.165, 1.54) is 39.7 Å². The second-order valence-electron chi connectivity index (χ2n) is 5.82. The number of furan rings is 1. The number of ether oxygens (including phenoxy) is 3. The van der Waals surface area contributed by atoms with E-state index in [1.807, 2.05) is 30.3 Å². The highest BCUT2D eigenvalue weighted by atomic mass is 35.5. The van der Waals surface area contributed by atoms with Crippen LogP contribution in [0.15, 0.2) is 58.0 Å². The number of benzene rings is 2. The second kappa shape index (κ2) is 9.16. The van der Waals surface area contributed by atoms with Gasteiger partial charge in [0.25, 0.3) is 5.91 Å². The van der Waals surface area contributed by atoms with Gasteiger partial charge in [-0.1, -0.05) is 30.3 Å². The van der Waals surface area contributed by atoms with Crippen molar-refractivity contribution in [1.29, 1.82) is 0 Å². The Hall–Kier alpha value is -3.45. The van der Waals surface area contributed by atoms with Gasteiger partial charge >= 0.3 is 0 Å². The van der Waals surface area contributed by atoms with Crippen LogP contribution in [0.1, 0.15) is 15.9 Å². The van der Waals surface area contributed by atoms with E-state index in [9.17, 15) is 4.79 Å². The van der Waals surface area contributed by atoms with Crippen LogP contribution in [0.2, 0.25) is 5.22 Å². The zero-order valence-corrected chi connectivity index (χ0v) is 16.8. The molecule has 0 spiro atoms. The van der Waals surface area contributed by atoms with Gasteiger partial charge in [0, 0.05) is 11.1 Å². The number of hydrazone groups is 1. The third-order valence-corrected chi connectivity index (χ3v) is 4.36. The summed E-state index contributed by atoms with van der Waals surface area (Å²) in [6.07, 6.45) is 1.41. The highest BCUT2D eigenvalue weighted by molar-refractivity contribution is 6.31. The molecule has 1 N–H and O–H groups in total. The molecule has 0 saturated heterocycles. The highest BCUT2D eigenvalue weighted by Crippen LogP contribution is 2.38. The average molecular weight is 415 g/mol. The molecule has 0 aliphatic heterocycles. The summed E-state index contributed by atoms with van der Waals surface area (Å²) in [5.41, 5.74) is 4.16. The summed E-state index contributed by atoms with van der Waals surface area (Å²) in [4.78, 5) is 12.4. The molecule has 3 rings (SSSR count). The number of nitrogens with zero attached hydrogens (tertiary/aromatic N) is 1. The molecule has 0 atom stereocenters. The molecule has 3 aromatic rings. The van der Waals surface area contributed by atoms with Crippen LogP contribution >= 0.6 is 11.6 Å². The van der Waals surface area contributed by atoms with Crippen LogP contribution in [0.4, 0.5) is 0 Å². The molecule has 0 aliphatic carbocycles. The first-order valence-electron chi connectivity index (χ1n) is 8.55. The maximum atomic E-state index is 12.4. The molecule has 1 aromatic heterocycles. The molecule has 1 heterocycles. The number of nitrogens with one attached hydrogen (secondary N) is 1. The summed E-state index contributed by atoms with van der Waals surface area (Å²) in [5, 5.41) is 4.13. The van der Waals surface area contributed by atoms with E-state index in [-0.39, 0.29) is 5.22 Å².